The molecule has 0 unspecified atom stereocenters. The lowest BCUT2D eigenvalue weighted by Crippen LogP contribution is -2.16. The molecular formula is C12H16N2O3. The molecule has 5 nitrogen and oxygen atoms in total. The molecule has 0 saturated heterocycles. The van der Waals surface area contributed by atoms with E-state index in [2.05, 4.69) is 10.3 Å². The summed E-state index contributed by atoms with van der Waals surface area (Å²) in [7, 11) is 0. The van der Waals surface area contributed by atoms with E-state index in [0.717, 1.165) is 0 Å². The SMILES string of the molecule is CCOC(=O)CNc1ccc(C(=O)CC)nc1. The summed E-state index contributed by atoms with van der Waals surface area (Å²) in [6.45, 7) is 4.00. The van der Waals surface area contributed by atoms with Crippen LogP contribution in [0.5, 0.6) is 0 Å². The fraction of sp³-hybridized carbons (Fsp3) is 0.417. The van der Waals surface area contributed by atoms with Gasteiger partial charge in [0.25, 0.3) is 0 Å². The van der Waals surface area contributed by atoms with Gasteiger partial charge in [-0.05, 0) is 19.1 Å². The van der Waals surface area contributed by atoms with Crippen molar-refractivity contribution in [3.8, 4) is 0 Å². The number of nitrogens with zero attached hydrogens (tertiary/aromatic N) is 1. The molecule has 92 valence electrons. The van der Waals surface area contributed by atoms with Gasteiger partial charge in [-0.1, -0.05) is 6.92 Å². The number of nitrogens with one attached hydrogen (secondary N) is 1. The Morgan fingerprint density at radius 2 is 2.12 bits per heavy atom. The van der Waals surface area contributed by atoms with Crippen LogP contribution in [-0.2, 0) is 9.53 Å². The van der Waals surface area contributed by atoms with Gasteiger partial charge in [-0.3, -0.25) is 14.6 Å². The molecule has 1 rings (SSSR count). The van der Waals surface area contributed by atoms with E-state index in [1.165, 1.54) is 6.20 Å². The van der Waals surface area contributed by atoms with Gasteiger partial charge in [0.1, 0.15) is 12.2 Å². The maximum atomic E-state index is 11.3. The van der Waals surface area contributed by atoms with E-state index in [4.69, 9.17) is 4.74 Å². The Morgan fingerprint density at radius 1 is 1.35 bits per heavy atom. The largest absolute Gasteiger partial charge is 0.465 e. The van der Waals surface area contributed by atoms with Crippen molar-refractivity contribution in [3.05, 3.63) is 24.0 Å². The normalized spacial score (nSPS) is 9.76. The van der Waals surface area contributed by atoms with Crippen molar-refractivity contribution >= 4 is 17.4 Å². The van der Waals surface area contributed by atoms with E-state index in [0.29, 0.717) is 24.4 Å². The molecule has 0 atom stereocenters. The van der Waals surface area contributed by atoms with Crippen LogP contribution in [0, 0.1) is 0 Å². The van der Waals surface area contributed by atoms with Gasteiger partial charge in [-0.25, -0.2) is 0 Å². The van der Waals surface area contributed by atoms with Gasteiger partial charge in [-0.15, -0.1) is 0 Å². The third-order valence-electron chi connectivity index (χ3n) is 2.11. The van der Waals surface area contributed by atoms with Crippen molar-refractivity contribution in [3.63, 3.8) is 0 Å². The second-order valence-corrected chi connectivity index (χ2v) is 3.37. The summed E-state index contributed by atoms with van der Waals surface area (Å²) in [5.41, 5.74) is 1.12. The first-order valence-corrected chi connectivity index (χ1v) is 5.56. The topological polar surface area (TPSA) is 68.3 Å². The second kappa shape index (κ2) is 6.62. The molecule has 1 aromatic rings. The van der Waals surface area contributed by atoms with E-state index in [1.807, 2.05) is 0 Å². The Bertz CT molecular complexity index is 387. The van der Waals surface area contributed by atoms with Crippen LogP contribution in [0.3, 0.4) is 0 Å². The van der Waals surface area contributed by atoms with Gasteiger partial charge in [-0.2, -0.15) is 0 Å². The van der Waals surface area contributed by atoms with Gasteiger partial charge in [0.2, 0.25) is 0 Å². The fourth-order valence-electron chi connectivity index (χ4n) is 1.23. The average molecular weight is 236 g/mol. The monoisotopic (exact) mass is 236 g/mol. The molecule has 0 amide bonds. The van der Waals surface area contributed by atoms with Gasteiger partial charge >= 0.3 is 5.97 Å². The number of hydrogen-bond donors (Lipinski definition) is 1. The maximum absolute atomic E-state index is 11.3. The lowest BCUT2D eigenvalue weighted by Gasteiger charge is -2.05. The number of ether oxygens (including phenoxy) is 1. The van der Waals surface area contributed by atoms with Crippen molar-refractivity contribution in [2.45, 2.75) is 20.3 Å². The number of hydrogen-bond acceptors (Lipinski definition) is 5. The number of carbonyl (C=O) groups excluding carboxylic acids is 2. The molecule has 0 saturated carbocycles. The molecule has 0 aromatic carbocycles. The molecule has 1 aromatic heterocycles. The van der Waals surface area contributed by atoms with Crippen molar-refractivity contribution in [1.29, 1.82) is 0 Å². The predicted molar refractivity (Wildman–Crippen MR) is 64.0 cm³/mol. The number of anilines is 1. The van der Waals surface area contributed by atoms with Crippen LogP contribution in [0.1, 0.15) is 30.8 Å². The Morgan fingerprint density at radius 3 is 2.65 bits per heavy atom. The first-order valence-electron chi connectivity index (χ1n) is 5.56. The summed E-state index contributed by atoms with van der Waals surface area (Å²) in [5, 5.41) is 2.87. The summed E-state index contributed by atoms with van der Waals surface area (Å²) < 4.78 is 4.77. The number of pyridine rings is 1. The molecule has 17 heavy (non-hydrogen) atoms. The number of aromatic nitrogens is 1. The molecule has 0 fully saturated rings. The number of ketones is 1. The van der Waals surface area contributed by atoms with Crippen LogP contribution in [-0.4, -0.2) is 29.9 Å². The minimum absolute atomic E-state index is 0.00180. The number of carbonyl (C=O) groups is 2. The van der Waals surface area contributed by atoms with Gasteiger partial charge in [0.05, 0.1) is 18.5 Å². The number of rotatable bonds is 6. The molecule has 1 N–H and O–H groups in total. The third-order valence-corrected chi connectivity index (χ3v) is 2.11. The standard InChI is InChI=1S/C12H16N2O3/c1-3-11(15)10-6-5-9(7-14-10)13-8-12(16)17-4-2/h5-7,13H,3-4,8H2,1-2H3. The minimum atomic E-state index is -0.318. The molecule has 0 bridgehead atoms. The lowest BCUT2D eigenvalue weighted by atomic mass is 10.2. The molecule has 0 radical (unpaired) electrons. The Kier molecular flexibility index (Phi) is 5.13. The zero-order chi connectivity index (χ0) is 12.7. The number of esters is 1. The highest BCUT2D eigenvalue weighted by Gasteiger charge is 2.05. The second-order valence-electron chi connectivity index (χ2n) is 3.37. The zero-order valence-electron chi connectivity index (χ0n) is 10.0. The van der Waals surface area contributed by atoms with E-state index >= 15 is 0 Å². The van der Waals surface area contributed by atoms with Gasteiger partial charge in [0, 0.05) is 6.42 Å². The van der Waals surface area contributed by atoms with Crippen molar-refractivity contribution < 1.29 is 14.3 Å². The summed E-state index contributed by atoms with van der Waals surface area (Å²) in [6, 6.07) is 3.36. The van der Waals surface area contributed by atoms with Crippen LogP contribution in [0.15, 0.2) is 18.3 Å². The smallest absolute Gasteiger partial charge is 0.325 e. The van der Waals surface area contributed by atoms with E-state index in [9.17, 15) is 9.59 Å². The molecule has 1 heterocycles. The van der Waals surface area contributed by atoms with Crippen LogP contribution < -0.4 is 5.32 Å². The van der Waals surface area contributed by atoms with Gasteiger partial charge < -0.3 is 10.1 Å². The molecule has 0 aliphatic heterocycles. The number of Topliss-reactive ketones (excluding diaryl/α,β-unsaturated/α-hetero) is 1. The predicted octanol–water partition coefficient (Wildman–Crippen LogP) is 1.65. The van der Waals surface area contributed by atoms with E-state index in [-0.39, 0.29) is 18.3 Å². The maximum Gasteiger partial charge on any atom is 0.325 e. The van der Waals surface area contributed by atoms with Crippen LogP contribution in [0.2, 0.25) is 0 Å². The Balaban J connectivity index is 2.51. The summed E-state index contributed by atoms with van der Waals surface area (Å²) >= 11 is 0. The van der Waals surface area contributed by atoms with E-state index in [1.54, 1.807) is 26.0 Å². The Labute approximate surface area is 100 Å². The molecule has 0 aliphatic carbocycles. The quantitative estimate of drug-likeness (QED) is 0.600. The highest BCUT2D eigenvalue weighted by molar-refractivity contribution is 5.94. The third kappa shape index (κ3) is 4.22. The zero-order valence-corrected chi connectivity index (χ0v) is 10.0. The van der Waals surface area contributed by atoms with Gasteiger partial charge in [0.15, 0.2) is 5.78 Å². The van der Waals surface area contributed by atoms with Crippen molar-refractivity contribution in [2.75, 3.05) is 18.5 Å². The molecule has 0 aliphatic rings. The minimum Gasteiger partial charge on any atom is -0.465 e. The van der Waals surface area contributed by atoms with Crippen LogP contribution >= 0.6 is 0 Å². The molecule has 5 heteroatoms. The fourth-order valence-corrected chi connectivity index (χ4v) is 1.23. The van der Waals surface area contributed by atoms with Crippen LogP contribution in [0.4, 0.5) is 5.69 Å². The van der Waals surface area contributed by atoms with Crippen molar-refractivity contribution in [2.24, 2.45) is 0 Å². The van der Waals surface area contributed by atoms with Crippen molar-refractivity contribution in [1.82, 2.24) is 4.98 Å². The van der Waals surface area contributed by atoms with Crippen LogP contribution in [0.25, 0.3) is 0 Å². The average Bonchev–Trinajstić information content (AvgIpc) is 2.36. The highest BCUT2D eigenvalue weighted by atomic mass is 16.5. The first-order chi connectivity index (χ1) is 8.17. The Hall–Kier alpha value is -1.91. The highest BCUT2D eigenvalue weighted by Crippen LogP contribution is 2.07. The molecular weight excluding hydrogens is 220 g/mol. The van der Waals surface area contributed by atoms with E-state index < -0.39 is 0 Å². The molecule has 0 spiro atoms. The lowest BCUT2D eigenvalue weighted by molar-refractivity contribution is -0.140. The summed E-state index contributed by atoms with van der Waals surface area (Å²) in [5.74, 6) is -0.317. The summed E-state index contributed by atoms with van der Waals surface area (Å²) in [6.07, 6.45) is 1.96. The first kappa shape index (κ1) is 13.2. The summed E-state index contributed by atoms with van der Waals surface area (Å²) in [4.78, 5) is 26.4.